The first-order valence-electron chi connectivity index (χ1n) is 11.0. The fourth-order valence-electron chi connectivity index (χ4n) is 4.08. The molecule has 1 fully saturated rings. The quantitative estimate of drug-likeness (QED) is 0.429. The fraction of sp³-hybridized carbons (Fsp3) is 0.231. The molecule has 1 aliphatic heterocycles. The molecule has 5 rings (SSSR count). The molecule has 2 aromatic heterocycles. The summed E-state index contributed by atoms with van der Waals surface area (Å²) < 4.78 is 17.3. The van der Waals surface area contributed by atoms with Gasteiger partial charge < -0.3 is 23.8 Å². The topological polar surface area (TPSA) is 84.9 Å². The van der Waals surface area contributed by atoms with E-state index in [9.17, 15) is 9.59 Å². The first-order valence-corrected chi connectivity index (χ1v) is 11.0. The van der Waals surface area contributed by atoms with Crippen molar-refractivity contribution in [3.8, 4) is 0 Å². The van der Waals surface area contributed by atoms with Gasteiger partial charge in [-0.15, -0.1) is 0 Å². The van der Waals surface area contributed by atoms with Gasteiger partial charge in [-0.05, 0) is 49.2 Å². The van der Waals surface area contributed by atoms with Crippen LogP contribution in [0.15, 0.2) is 81.8 Å². The Balaban J connectivity index is 1.50. The Kier molecular flexibility index (Phi) is 5.95. The van der Waals surface area contributed by atoms with Gasteiger partial charge in [0, 0.05) is 24.1 Å². The molecule has 33 heavy (non-hydrogen) atoms. The van der Waals surface area contributed by atoms with Crippen molar-refractivity contribution in [2.75, 3.05) is 18.5 Å². The summed E-state index contributed by atoms with van der Waals surface area (Å²) in [7, 11) is 0. The van der Waals surface area contributed by atoms with Crippen molar-refractivity contribution in [3.05, 3.63) is 90.1 Å². The van der Waals surface area contributed by atoms with E-state index < -0.39 is 0 Å². The van der Waals surface area contributed by atoms with Crippen LogP contribution in [-0.4, -0.2) is 36.0 Å². The lowest BCUT2D eigenvalue weighted by Crippen LogP contribution is -2.37. The molecular formula is C26H24N2O5. The maximum absolute atomic E-state index is 13.8. The van der Waals surface area contributed by atoms with Gasteiger partial charge in [0.25, 0.3) is 11.8 Å². The number of amides is 2. The predicted octanol–water partition coefficient (Wildman–Crippen LogP) is 5.10. The second kappa shape index (κ2) is 9.34. The van der Waals surface area contributed by atoms with Gasteiger partial charge >= 0.3 is 0 Å². The fourth-order valence-corrected chi connectivity index (χ4v) is 4.08. The highest BCUT2D eigenvalue weighted by Crippen LogP contribution is 2.33. The van der Waals surface area contributed by atoms with Crippen molar-refractivity contribution in [2.45, 2.75) is 25.5 Å². The van der Waals surface area contributed by atoms with Gasteiger partial charge in [-0.25, -0.2) is 0 Å². The molecule has 7 heteroatoms. The molecular weight excluding hydrogens is 420 g/mol. The van der Waals surface area contributed by atoms with E-state index in [2.05, 4.69) is 5.32 Å². The molecule has 7 nitrogen and oxygen atoms in total. The third-order valence-electron chi connectivity index (χ3n) is 5.73. The summed E-state index contributed by atoms with van der Waals surface area (Å²) in [6, 6.07) is 19.8. The number of fused-ring (bicyclic) bond motifs is 1. The van der Waals surface area contributed by atoms with Crippen LogP contribution in [0.25, 0.3) is 11.0 Å². The molecule has 0 saturated carbocycles. The third-order valence-corrected chi connectivity index (χ3v) is 5.73. The smallest absolute Gasteiger partial charge is 0.292 e. The molecule has 0 spiro atoms. The predicted molar refractivity (Wildman–Crippen MR) is 123 cm³/mol. The average molecular weight is 444 g/mol. The molecule has 168 valence electrons. The van der Waals surface area contributed by atoms with E-state index in [0.29, 0.717) is 41.1 Å². The molecule has 1 aliphatic rings. The zero-order chi connectivity index (χ0) is 22.6. The molecule has 0 bridgehead atoms. The molecule has 0 radical (unpaired) electrons. The Morgan fingerprint density at radius 3 is 2.58 bits per heavy atom. The van der Waals surface area contributed by atoms with Gasteiger partial charge in [-0.2, -0.15) is 0 Å². The van der Waals surface area contributed by atoms with Gasteiger partial charge in [0.2, 0.25) is 5.76 Å². The Hall–Kier alpha value is -3.84. The van der Waals surface area contributed by atoms with Crippen molar-refractivity contribution in [3.63, 3.8) is 0 Å². The summed E-state index contributed by atoms with van der Waals surface area (Å²) in [5, 5.41) is 3.57. The van der Waals surface area contributed by atoms with E-state index in [0.717, 1.165) is 12.8 Å². The summed E-state index contributed by atoms with van der Waals surface area (Å²) >= 11 is 0. The zero-order valence-electron chi connectivity index (χ0n) is 18.0. The van der Waals surface area contributed by atoms with Crippen molar-refractivity contribution >= 4 is 28.5 Å². The zero-order valence-corrected chi connectivity index (χ0v) is 18.0. The average Bonchev–Trinajstić information content (AvgIpc) is 3.61. The van der Waals surface area contributed by atoms with Gasteiger partial charge in [-0.1, -0.05) is 30.3 Å². The first kappa shape index (κ1) is 21.0. The van der Waals surface area contributed by atoms with Gasteiger partial charge in [-0.3, -0.25) is 9.59 Å². The minimum atomic E-state index is -0.332. The number of para-hydroxylation sites is 1. The SMILES string of the molecule is O=C(Nc1c(C(=O)N(Cc2ccco2)C[C@@H]2CCCO2)oc2ccccc12)c1ccccc1. The van der Waals surface area contributed by atoms with Crippen LogP contribution in [0.3, 0.4) is 0 Å². The highest BCUT2D eigenvalue weighted by atomic mass is 16.5. The second-order valence-electron chi connectivity index (χ2n) is 8.02. The minimum Gasteiger partial charge on any atom is -0.467 e. The number of carbonyl (C=O) groups is 2. The summed E-state index contributed by atoms with van der Waals surface area (Å²) in [6.07, 6.45) is 3.39. The lowest BCUT2D eigenvalue weighted by Gasteiger charge is -2.24. The van der Waals surface area contributed by atoms with E-state index in [4.69, 9.17) is 13.6 Å². The van der Waals surface area contributed by atoms with Gasteiger partial charge in [0.1, 0.15) is 17.0 Å². The Morgan fingerprint density at radius 2 is 1.82 bits per heavy atom. The standard InChI is InChI=1S/C26H24N2O5/c29-25(18-8-2-1-3-9-18)27-23-21-12-4-5-13-22(21)33-24(23)26(30)28(16-19-10-6-14-31-19)17-20-11-7-15-32-20/h1-6,8-10,12-14,20H,7,11,15-17H2,(H,27,29)/t20-/m0/s1. The Labute approximate surface area is 190 Å². The normalized spacial score (nSPS) is 15.6. The van der Waals surface area contributed by atoms with Crippen LogP contribution < -0.4 is 5.32 Å². The lowest BCUT2D eigenvalue weighted by molar-refractivity contribution is 0.0471. The maximum atomic E-state index is 13.8. The van der Waals surface area contributed by atoms with E-state index in [1.807, 2.05) is 30.3 Å². The molecule has 0 aliphatic carbocycles. The van der Waals surface area contributed by atoms with Crippen LogP contribution in [0.4, 0.5) is 5.69 Å². The van der Waals surface area contributed by atoms with Crippen LogP contribution in [0.1, 0.15) is 39.5 Å². The largest absolute Gasteiger partial charge is 0.467 e. The number of hydrogen-bond acceptors (Lipinski definition) is 5. The van der Waals surface area contributed by atoms with Gasteiger partial charge in [0.15, 0.2) is 0 Å². The van der Waals surface area contributed by atoms with E-state index in [1.54, 1.807) is 47.6 Å². The monoisotopic (exact) mass is 444 g/mol. The van der Waals surface area contributed by atoms with Crippen molar-refractivity contribution in [1.82, 2.24) is 4.90 Å². The van der Waals surface area contributed by atoms with Gasteiger partial charge in [0.05, 0.1) is 18.9 Å². The second-order valence-corrected chi connectivity index (χ2v) is 8.02. The van der Waals surface area contributed by atoms with Crippen LogP contribution in [0.2, 0.25) is 0 Å². The molecule has 2 amide bonds. The van der Waals surface area contributed by atoms with Crippen LogP contribution >= 0.6 is 0 Å². The van der Waals surface area contributed by atoms with Crippen LogP contribution in [0.5, 0.6) is 0 Å². The number of carbonyl (C=O) groups excluding carboxylic acids is 2. The summed E-state index contributed by atoms with van der Waals surface area (Å²) in [5.74, 6) is 0.103. The number of hydrogen-bond donors (Lipinski definition) is 1. The Bertz CT molecular complexity index is 1240. The lowest BCUT2D eigenvalue weighted by atomic mass is 10.1. The third kappa shape index (κ3) is 4.54. The minimum absolute atomic E-state index is 0.0457. The summed E-state index contributed by atoms with van der Waals surface area (Å²) in [6.45, 7) is 1.37. The number of rotatable bonds is 7. The summed E-state index contributed by atoms with van der Waals surface area (Å²) in [5.41, 5.74) is 1.38. The molecule has 1 atom stereocenters. The molecule has 1 saturated heterocycles. The van der Waals surface area contributed by atoms with Crippen LogP contribution in [-0.2, 0) is 11.3 Å². The molecule has 2 aromatic carbocycles. The number of nitrogens with one attached hydrogen (secondary N) is 1. The van der Waals surface area contributed by atoms with E-state index in [1.165, 1.54) is 0 Å². The highest BCUT2D eigenvalue weighted by molar-refractivity contribution is 6.14. The number of benzene rings is 2. The number of ether oxygens (including phenoxy) is 1. The number of anilines is 1. The summed E-state index contributed by atoms with van der Waals surface area (Å²) in [4.78, 5) is 28.3. The number of furan rings is 2. The first-order chi connectivity index (χ1) is 16.2. The molecule has 0 unspecified atom stereocenters. The van der Waals surface area contributed by atoms with Crippen molar-refractivity contribution in [1.29, 1.82) is 0 Å². The van der Waals surface area contributed by atoms with Crippen molar-refractivity contribution in [2.24, 2.45) is 0 Å². The van der Waals surface area contributed by atoms with Crippen molar-refractivity contribution < 1.29 is 23.2 Å². The number of nitrogens with zero attached hydrogens (tertiary/aromatic N) is 1. The molecule has 4 aromatic rings. The maximum Gasteiger partial charge on any atom is 0.292 e. The highest BCUT2D eigenvalue weighted by Gasteiger charge is 2.30. The Morgan fingerprint density at radius 1 is 1.00 bits per heavy atom. The molecule has 1 N–H and O–H groups in total. The van der Waals surface area contributed by atoms with Crippen LogP contribution in [0, 0.1) is 0 Å². The molecule has 3 heterocycles. The van der Waals surface area contributed by atoms with E-state index >= 15 is 0 Å². The van der Waals surface area contributed by atoms with E-state index in [-0.39, 0.29) is 30.2 Å².